The largest absolute Gasteiger partial charge is 0.294 e. The number of allylic oxidation sites excluding steroid dienone is 2. The molecule has 5 heteroatoms. The molecule has 0 spiro atoms. The second-order valence-electron chi connectivity index (χ2n) is 12.3. The summed E-state index contributed by atoms with van der Waals surface area (Å²) in [6.45, 7) is 19.2. The fourth-order valence-electron chi connectivity index (χ4n) is 6.24. The number of hydrogen-bond acceptors (Lipinski definition) is 2. The van der Waals surface area contributed by atoms with E-state index in [1.807, 2.05) is 57.2 Å². The Morgan fingerprint density at radius 1 is 1.07 bits per heavy atom. The van der Waals surface area contributed by atoms with E-state index < -0.39 is 5.95 Å². The average Bonchev–Trinajstić information content (AvgIpc) is 3.38. The Hall–Kier alpha value is -2.72. The number of ketones is 1. The quantitative estimate of drug-likeness (QED) is 0.180. The van der Waals surface area contributed by atoms with Gasteiger partial charge in [0.1, 0.15) is 0 Å². The average molecular weight is 623 g/mol. The van der Waals surface area contributed by atoms with Gasteiger partial charge in [-0.05, 0) is 83.9 Å². The maximum Gasteiger partial charge on any atom is 0.216 e. The molecule has 1 aromatic heterocycles. The monoisotopic (exact) mass is 622 g/mol. The molecule has 0 radical (unpaired) electrons. The number of carbonyl (C=O) groups excluding carboxylic acids is 1. The third-order valence-electron chi connectivity index (χ3n) is 8.80. The lowest BCUT2D eigenvalue weighted by Crippen LogP contribution is -2.20. The predicted octanol–water partition coefficient (Wildman–Crippen LogP) is 12.0. The fourth-order valence-corrected chi connectivity index (χ4v) is 6.44. The Labute approximate surface area is 272 Å². The van der Waals surface area contributed by atoms with Crippen molar-refractivity contribution in [3.05, 3.63) is 81.9 Å². The van der Waals surface area contributed by atoms with Gasteiger partial charge in [-0.15, -0.1) is 0 Å². The highest BCUT2D eigenvalue weighted by Crippen LogP contribution is 2.36. The summed E-state index contributed by atoms with van der Waals surface area (Å²) in [6, 6.07) is 11.9. The molecule has 0 fully saturated rings. The number of benzene rings is 2. The van der Waals surface area contributed by atoms with E-state index in [1.165, 1.54) is 49.4 Å². The molecule has 0 saturated carbocycles. The number of aromatic amines is 1. The smallest absolute Gasteiger partial charge is 0.216 e. The Balaban J connectivity index is 0.000000529. The summed E-state index contributed by atoms with van der Waals surface area (Å²) in [5.74, 6) is 1.20. The Bertz CT molecular complexity index is 1340. The van der Waals surface area contributed by atoms with E-state index in [0.29, 0.717) is 22.9 Å². The maximum absolute atomic E-state index is 14.1. The van der Waals surface area contributed by atoms with E-state index >= 15 is 0 Å². The van der Waals surface area contributed by atoms with Crippen LogP contribution in [0.2, 0.25) is 5.02 Å². The molecule has 2 atom stereocenters. The standard InChI is InChI=1S/C28H30ClFN2O.C9H20.C2H6/c1-5-23(24-9-7-19(14-25(24)16(2)3)26-15-31-32-28(26)30)27(33)21-11-17(4)10-18-6-8-22(29)13-20(18)12-21;1-4-7-8-9(5-2)6-3;1-2/h5-9,13-17,21H,10-12H2,1-4H3,(H,31,32);9H,4-8H2,1-3H3;1-2H3/b23-5+;;. The van der Waals surface area contributed by atoms with Crippen molar-refractivity contribution in [1.82, 2.24) is 10.2 Å². The highest BCUT2D eigenvalue weighted by molar-refractivity contribution is 6.30. The van der Waals surface area contributed by atoms with Gasteiger partial charge in [0.25, 0.3) is 0 Å². The Kier molecular flexibility index (Phi) is 16.1. The van der Waals surface area contributed by atoms with Crippen LogP contribution in [-0.2, 0) is 17.6 Å². The first-order chi connectivity index (χ1) is 21.1. The van der Waals surface area contributed by atoms with Crippen molar-refractivity contribution in [2.75, 3.05) is 0 Å². The highest BCUT2D eigenvalue weighted by atomic mass is 35.5. The third-order valence-corrected chi connectivity index (χ3v) is 9.04. The van der Waals surface area contributed by atoms with Gasteiger partial charge >= 0.3 is 0 Å². The highest BCUT2D eigenvalue weighted by Gasteiger charge is 2.30. The first-order valence-corrected chi connectivity index (χ1v) is 17.3. The Morgan fingerprint density at radius 2 is 1.77 bits per heavy atom. The second kappa shape index (κ2) is 18.9. The number of fused-ring (bicyclic) bond motifs is 1. The number of nitrogens with zero attached hydrogens (tertiary/aromatic N) is 1. The lowest BCUT2D eigenvalue weighted by Gasteiger charge is -2.21. The number of nitrogens with one attached hydrogen (secondary N) is 1. The van der Waals surface area contributed by atoms with Crippen molar-refractivity contribution >= 4 is 23.0 Å². The van der Waals surface area contributed by atoms with Crippen LogP contribution in [0.25, 0.3) is 16.7 Å². The summed E-state index contributed by atoms with van der Waals surface area (Å²) in [7, 11) is 0. The van der Waals surface area contributed by atoms with Crippen molar-refractivity contribution in [1.29, 1.82) is 0 Å². The second-order valence-corrected chi connectivity index (χ2v) is 12.7. The minimum absolute atomic E-state index is 0.100. The number of halogens is 2. The van der Waals surface area contributed by atoms with Gasteiger partial charge in [-0.3, -0.25) is 9.89 Å². The molecule has 242 valence electrons. The molecule has 1 heterocycles. The molecule has 1 N–H and O–H groups in total. The fraction of sp³-hybridized carbons (Fsp3) is 0.538. The molecular formula is C39H56ClFN2O. The number of Topliss-reactive ketones (excluding diaryl/α,β-unsaturated/α-hetero) is 1. The molecule has 0 saturated heterocycles. The zero-order valence-corrected chi connectivity index (χ0v) is 29.5. The van der Waals surface area contributed by atoms with Gasteiger partial charge in [0.15, 0.2) is 5.78 Å². The van der Waals surface area contributed by atoms with Gasteiger partial charge in [-0.25, -0.2) is 0 Å². The summed E-state index contributed by atoms with van der Waals surface area (Å²) < 4.78 is 14.1. The molecule has 1 aliphatic rings. The molecular weight excluding hydrogens is 567 g/mol. The molecule has 0 bridgehead atoms. The zero-order chi connectivity index (χ0) is 32.8. The molecule has 3 nitrogen and oxygen atoms in total. The zero-order valence-electron chi connectivity index (χ0n) is 28.7. The topological polar surface area (TPSA) is 45.8 Å². The predicted molar refractivity (Wildman–Crippen MR) is 188 cm³/mol. The van der Waals surface area contributed by atoms with Crippen molar-refractivity contribution in [2.24, 2.45) is 17.8 Å². The maximum atomic E-state index is 14.1. The minimum atomic E-state index is -0.454. The summed E-state index contributed by atoms with van der Waals surface area (Å²) in [5, 5.41) is 6.87. The van der Waals surface area contributed by atoms with Gasteiger partial charge in [0.2, 0.25) is 5.95 Å². The first-order valence-electron chi connectivity index (χ1n) is 16.9. The molecule has 0 amide bonds. The molecule has 0 aliphatic heterocycles. The van der Waals surface area contributed by atoms with E-state index in [2.05, 4.69) is 57.8 Å². The first kappa shape index (κ1) is 37.5. The van der Waals surface area contributed by atoms with Crippen molar-refractivity contribution < 1.29 is 9.18 Å². The van der Waals surface area contributed by atoms with Crippen molar-refractivity contribution in [3.8, 4) is 11.1 Å². The van der Waals surface area contributed by atoms with E-state index in [1.54, 1.807) is 0 Å². The number of unbranched alkanes of at least 4 members (excludes halogenated alkanes) is 1. The van der Waals surface area contributed by atoms with Crippen LogP contribution in [0.1, 0.15) is 129 Å². The van der Waals surface area contributed by atoms with Crippen LogP contribution >= 0.6 is 11.6 Å². The van der Waals surface area contributed by atoms with Crippen LogP contribution < -0.4 is 0 Å². The van der Waals surface area contributed by atoms with E-state index in [-0.39, 0.29) is 17.6 Å². The minimum Gasteiger partial charge on any atom is -0.294 e. The number of H-pyrrole nitrogens is 1. The van der Waals surface area contributed by atoms with Crippen LogP contribution in [0.5, 0.6) is 0 Å². The van der Waals surface area contributed by atoms with Gasteiger partial charge in [-0.1, -0.05) is 129 Å². The van der Waals surface area contributed by atoms with Crippen molar-refractivity contribution in [3.63, 3.8) is 0 Å². The third kappa shape index (κ3) is 10.2. The van der Waals surface area contributed by atoms with Gasteiger partial charge in [0, 0.05) is 16.5 Å². The van der Waals surface area contributed by atoms with Crippen LogP contribution in [0.15, 0.2) is 48.7 Å². The molecule has 4 rings (SSSR count). The number of rotatable bonds is 10. The van der Waals surface area contributed by atoms with E-state index in [0.717, 1.165) is 41.0 Å². The number of carbonyl (C=O) groups is 1. The van der Waals surface area contributed by atoms with Crippen molar-refractivity contribution in [2.45, 2.75) is 120 Å². The van der Waals surface area contributed by atoms with Crippen LogP contribution in [-0.4, -0.2) is 16.0 Å². The van der Waals surface area contributed by atoms with Crippen LogP contribution in [0, 0.1) is 23.7 Å². The van der Waals surface area contributed by atoms with E-state index in [4.69, 9.17) is 11.6 Å². The summed E-state index contributed by atoms with van der Waals surface area (Å²) in [4.78, 5) is 13.9. The molecule has 1 aliphatic carbocycles. The summed E-state index contributed by atoms with van der Waals surface area (Å²) >= 11 is 6.27. The molecule has 2 aromatic carbocycles. The summed E-state index contributed by atoms with van der Waals surface area (Å²) in [6.07, 6.45) is 12.9. The van der Waals surface area contributed by atoms with Crippen LogP contribution in [0.3, 0.4) is 0 Å². The number of aromatic nitrogens is 2. The number of hydrogen-bond donors (Lipinski definition) is 1. The lowest BCUT2D eigenvalue weighted by molar-refractivity contribution is -0.117. The SMILES string of the molecule is C/C=C(/C(=O)C1Cc2cc(Cl)ccc2CC(C)C1)c1ccc(-c2cn[nH]c2F)cc1C(C)C.CC.CCCCC(CC)CC. The van der Waals surface area contributed by atoms with Crippen LogP contribution in [0.4, 0.5) is 4.39 Å². The normalized spacial score (nSPS) is 16.4. The summed E-state index contributed by atoms with van der Waals surface area (Å²) in [5.41, 5.74) is 6.34. The molecule has 3 aromatic rings. The Morgan fingerprint density at radius 3 is 2.34 bits per heavy atom. The van der Waals surface area contributed by atoms with E-state index in [9.17, 15) is 9.18 Å². The van der Waals surface area contributed by atoms with Gasteiger partial charge in [-0.2, -0.15) is 9.49 Å². The van der Waals surface area contributed by atoms with Gasteiger partial charge < -0.3 is 0 Å². The molecule has 44 heavy (non-hydrogen) atoms. The lowest BCUT2D eigenvalue weighted by atomic mass is 9.81. The van der Waals surface area contributed by atoms with Gasteiger partial charge in [0.05, 0.1) is 11.8 Å². The molecule has 2 unspecified atom stereocenters.